The first kappa shape index (κ1) is 17.8. The van der Waals surface area contributed by atoms with E-state index < -0.39 is 11.8 Å². The fraction of sp³-hybridized carbons (Fsp3) is 0.176. The van der Waals surface area contributed by atoms with Gasteiger partial charge in [0.2, 0.25) is 0 Å². The van der Waals surface area contributed by atoms with Crippen LogP contribution < -0.4 is 15.6 Å². The second kappa shape index (κ2) is 7.35. The molecule has 2 aromatic carbocycles. The van der Waals surface area contributed by atoms with Gasteiger partial charge in [0, 0.05) is 11.1 Å². The lowest BCUT2D eigenvalue weighted by Gasteiger charge is -2.11. The smallest absolute Gasteiger partial charge is 0.269 e. The number of phenolic OH excluding ortho intramolecular Hbond substituents is 1. The molecular weight excluding hydrogens is 376 g/mol. The number of ether oxygens (including phenoxy) is 1. The molecule has 0 bridgehead atoms. The average Bonchev–Trinajstić information content (AvgIpc) is 2.54. The zero-order valence-electron chi connectivity index (χ0n) is 13.4. The van der Waals surface area contributed by atoms with Crippen molar-refractivity contribution in [2.75, 3.05) is 7.11 Å². The molecule has 0 unspecified atom stereocenters. The van der Waals surface area contributed by atoms with Crippen molar-refractivity contribution in [1.82, 2.24) is 10.9 Å². The molecule has 3 N–H and O–H groups in total. The highest BCUT2D eigenvalue weighted by Gasteiger charge is 2.15. The summed E-state index contributed by atoms with van der Waals surface area (Å²) in [5.41, 5.74) is 7.28. The van der Waals surface area contributed by atoms with Gasteiger partial charge < -0.3 is 9.84 Å². The van der Waals surface area contributed by atoms with E-state index in [2.05, 4.69) is 26.8 Å². The molecule has 0 fully saturated rings. The predicted octanol–water partition coefficient (Wildman–Crippen LogP) is 2.85. The Bertz CT molecular complexity index is 805. The van der Waals surface area contributed by atoms with Crippen molar-refractivity contribution in [2.45, 2.75) is 13.8 Å². The van der Waals surface area contributed by atoms with Crippen molar-refractivity contribution in [2.24, 2.45) is 0 Å². The fourth-order valence-electron chi connectivity index (χ4n) is 2.18. The van der Waals surface area contributed by atoms with E-state index in [0.717, 1.165) is 11.1 Å². The Morgan fingerprint density at radius 1 is 1.08 bits per heavy atom. The number of methoxy groups -OCH3 is 1. The van der Waals surface area contributed by atoms with Crippen LogP contribution >= 0.6 is 15.9 Å². The van der Waals surface area contributed by atoms with Crippen molar-refractivity contribution >= 4 is 27.7 Å². The zero-order chi connectivity index (χ0) is 17.9. The summed E-state index contributed by atoms with van der Waals surface area (Å²) in [4.78, 5) is 24.3. The first-order valence-corrected chi connectivity index (χ1v) is 7.87. The molecule has 0 atom stereocenters. The number of amides is 2. The number of phenols is 1. The molecule has 2 amide bonds. The number of carbonyl (C=O) groups excluding carboxylic acids is 2. The van der Waals surface area contributed by atoms with E-state index >= 15 is 0 Å². The Hall–Kier alpha value is -2.54. The Balaban J connectivity index is 2.10. The number of rotatable bonds is 3. The molecule has 0 heterocycles. The molecule has 7 heteroatoms. The molecule has 126 valence electrons. The van der Waals surface area contributed by atoms with Gasteiger partial charge in [-0.05, 0) is 53.5 Å². The number of aromatic hydroxyl groups is 1. The first-order valence-electron chi connectivity index (χ1n) is 7.08. The van der Waals surface area contributed by atoms with Crippen LogP contribution in [-0.4, -0.2) is 24.0 Å². The van der Waals surface area contributed by atoms with Crippen LogP contribution in [0.5, 0.6) is 11.5 Å². The maximum atomic E-state index is 12.2. The standard InChI is InChI=1S/C17H17BrN2O4/c1-9-4-5-12(10(2)6-9)17(23)20-19-16(22)11-7-13(18)15(21)14(8-11)24-3/h4-8,21H,1-3H3,(H,19,22)(H,20,23). The summed E-state index contributed by atoms with van der Waals surface area (Å²) in [6.07, 6.45) is 0. The molecule has 24 heavy (non-hydrogen) atoms. The lowest BCUT2D eigenvalue weighted by Crippen LogP contribution is -2.41. The van der Waals surface area contributed by atoms with Crippen LogP contribution in [0.15, 0.2) is 34.8 Å². The number of nitrogens with one attached hydrogen (secondary N) is 2. The molecule has 0 aliphatic rings. The molecular formula is C17H17BrN2O4. The largest absolute Gasteiger partial charge is 0.503 e. The molecule has 2 aromatic rings. The highest BCUT2D eigenvalue weighted by atomic mass is 79.9. The molecule has 0 radical (unpaired) electrons. The lowest BCUT2D eigenvalue weighted by molar-refractivity contribution is 0.0846. The highest BCUT2D eigenvalue weighted by Crippen LogP contribution is 2.35. The predicted molar refractivity (Wildman–Crippen MR) is 93.2 cm³/mol. The van der Waals surface area contributed by atoms with Crippen LogP contribution in [0.2, 0.25) is 0 Å². The minimum absolute atomic E-state index is 0.103. The molecule has 2 rings (SSSR count). The number of hydrogen-bond acceptors (Lipinski definition) is 4. The summed E-state index contributed by atoms with van der Waals surface area (Å²) >= 11 is 3.14. The van der Waals surface area contributed by atoms with Gasteiger partial charge in [-0.2, -0.15) is 0 Å². The maximum Gasteiger partial charge on any atom is 0.269 e. The monoisotopic (exact) mass is 392 g/mol. The third-order valence-corrected chi connectivity index (χ3v) is 4.03. The quantitative estimate of drug-likeness (QED) is 0.700. The van der Waals surface area contributed by atoms with Crippen LogP contribution in [0.3, 0.4) is 0 Å². The van der Waals surface area contributed by atoms with E-state index in [1.165, 1.54) is 19.2 Å². The van der Waals surface area contributed by atoms with Gasteiger partial charge in [-0.1, -0.05) is 17.7 Å². The summed E-state index contributed by atoms with van der Waals surface area (Å²) in [6.45, 7) is 3.76. The molecule has 0 saturated carbocycles. The molecule has 0 aromatic heterocycles. The molecule has 0 aliphatic heterocycles. The summed E-state index contributed by atoms with van der Waals surface area (Å²) in [7, 11) is 1.38. The highest BCUT2D eigenvalue weighted by molar-refractivity contribution is 9.10. The third kappa shape index (κ3) is 3.86. The van der Waals surface area contributed by atoms with Gasteiger partial charge in [0.15, 0.2) is 11.5 Å². The van der Waals surface area contributed by atoms with Crippen LogP contribution in [-0.2, 0) is 0 Å². The summed E-state index contributed by atoms with van der Waals surface area (Å²) in [5, 5.41) is 9.75. The Morgan fingerprint density at radius 2 is 1.75 bits per heavy atom. The second-order valence-electron chi connectivity index (χ2n) is 5.24. The van der Waals surface area contributed by atoms with Gasteiger partial charge in [-0.25, -0.2) is 0 Å². The van der Waals surface area contributed by atoms with Crippen LogP contribution in [0.4, 0.5) is 0 Å². The SMILES string of the molecule is COc1cc(C(=O)NNC(=O)c2ccc(C)cc2C)cc(Br)c1O. The Kier molecular flexibility index (Phi) is 5.46. The van der Waals surface area contributed by atoms with E-state index in [1.54, 1.807) is 6.07 Å². The van der Waals surface area contributed by atoms with E-state index in [9.17, 15) is 14.7 Å². The Morgan fingerprint density at radius 3 is 2.38 bits per heavy atom. The molecule has 6 nitrogen and oxygen atoms in total. The van der Waals surface area contributed by atoms with Crippen LogP contribution in [0.25, 0.3) is 0 Å². The van der Waals surface area contributed by atoms with Gasteiger partial charge >= 0.3 is 0 Å². The minimum Gasteiger partial charge on any atom is -0.503 e. The van der Waals surface area contributed by atoms with Gasteiger partial charge in [-0.15, -0.1) is 0 Å². The lowest BCUT2D eigenvalue weighted by atomic mass is 10.1. The van der Waals surface area contributed by atoms with Crippen LogP contribution in [0, 0.1) is 13.8 Å². The number of hydrazine groups is 1. The number of carbonyl (C=O) groups is 2. The molecule has 0 saturated heterocycles. The number of aryl methyl sites for hydroxylation is 2. The molecule has 0 aliphatic carbocycles. The van der Waals surface area contributed by atoms with Crippen molar-refractivity contribution in [3.05, 3.63) is 57.1 Å². The van der Waals surface area contributed by atoms with Crippen molar-refractivity contribution < 1.29 is 19.4 Å². The summed E-state index contributed by atoms with van der Waals surface area (Å²) in [5.74, 6) is -0.902. The van der Waals surface area contributed by atoms with E-state index in [-0.39, 0.29) is 17.1 Å². The van der Waals surface area contributed by atoms with E-state index in [0.29, 0.717) is 10.0 Å². The summed E-state index contributed by atoms with van der Waals surface area (Å²) in [6, 6.07) is 8.21. The Labute approximate surface area is 147 Å². The number of halogens is 1. The minimum atomic E-state index is -0.535. The van der Waals surface area contributed by atoms with Gasteiger partial charge in [0.25, 0.3) is 11.8 Å². The summed E-state index contributed by atoms with van der Waals surface area (Å²) < 4.78 is 5.30. The third-order valence-electron chi connectivity index (χ3n) is 3.43. The van der Waals surface area contributed by atoms with E-state index in [1.807, 2.05) is 26.0 Å². The van der Waals surface area contributed by atoms with Crippen molar-refractivity contribution in [3.8, 4) is 11.5 Å². The van der Waals surface area contributed by atoms with Crippen molar-refractivity contribution in [3.63, 3.8) is 0 Å². The number of benzene rings is 2. The van der Waals surface area contributed by atoms with Gasteiger partial charge in [0.05, 0.1) is 11.6 Å². The first-order chi connectivity index (χ1) is 11.3. The normalized spacial score (nSPS) is 10.2. The zero-order valence-corrected chi connectivity index (χ0v) is 15.0. The van der Waals surface area contributed by atoms with Gasteiger partial charge in [0.1, 0.15) is 0 Å². The topological polar surface area (TPSA) is 87.7 Å². The fourth-order valence-corrected chi connectivity index (χ4v) is 2.62. The average molecular weight is 393 g/mol. The van der Waals surface area contributed by atoms with Crippen LogP contribution in [0.1, 0.15) is 31.8 Å². The van der Waals surface area contributed by atoms with Crippen molar-refractivity contribution in [1.29, 1.82) is 0 Å². The van der Waals surface area contributed by atoms with Gasteiger partial charge in [-0.3, -0.25) is 20.4 Å². The van der Waals surface area contributed by atoms with E-state index in [4.69, 9.17) is 4.74 Å². The maximum absolute atomic E-state index is 12.2. The molecule has 0 spiro atoms. The second-order valence-corrected chi connectivity index (χ2v) is 6.09. The number of hydrogen-bond donors (Lipinski definition) is 3.